The van der Waals surface area contributed by atoms with Crippen LogP contribution < -0.4 is 9.47 Å². The van der Waals surface area contributed by atoms with E-state index in [9.17, 15) is 0 Å². The molecule has 0 aliphatic carbocycles. The third-order valence-electron chi connectivity index (χ3n) is 2.94. The van der Waals surface area contributed by atoms with Crippen molar-refractivity contribution < 1.29 is 14.6 Å². The van der Waals surface area contributed by atoms with Gasteiger partial charge in [-0.05, 0) is 24.6 Å². The van der Waals surface area contributed by atoms with Gasteiger partial charge in [0.05, 0.1) is 10.7 Å². The quantitative estimate of drug-likeness (QED) is 0.933. The summed E-state index contributed by atoms with van der Waals surface area (Å²) in [5.74, 6) is 1.58. The van der Waals surface area contributed by atoms with Crippen LogP contribution >= 0.6 is 11.3 Å². The zero-order valence-corrected chi connectivity index (χ0v) is 11.3. The lowest BCUT2D eigenvalue weighted by Gasteiger charge is -2.18. The van der Waals surface area contributed by atoms with Gasteiger partial charge >= 0.3 is 0 Å². The van der Waals surface area contributed by atoms with Gasteiger partial charge in [0, 0.05) is 24.0 Å². The van der Waals surface area contributed by atoms with Gasteiger partial charge in [-0.2, -0.15) is 0 Å². The molecule has 0 saturated carbocycles. The number of hydrogen-bond donors (Lipinski definition) is 1. The van der Waals surface area contributed by atoms with Crippen LogP contribution in [-0.4, -0.2) is 29.9 Å². The predicted octanol–water partition coefficient (Wildman–Crippen LogP) is 2.51. The Morgan fingerprint density at radius 2 is 2.05 bits per heavy atom. The number of benzene rings is 1. The van der Waals surface area contributed by atoms with Crippen molar-refractivity contribution in [1.29, 1.82) is 0 Å². The van der Waals surface area contributed by atoms with Crippen molar-refractivity contribution in [2.75, 3.05) is 19.8 Å². The molecule has 19 heavy (non-hydrogen) atoms. The molecule has 0 radical (unpaired) electrons. The van der Waals surface area contributed by atoms with Gasteiger partial charge in [0.2, 0.25) is 0 Å². The lowest BCUT2D eigenvalue weighted by atomic mass is 10.1. The largest absolute Gasteiger partial charge is 0.486 e. The number of aliphatic hydroxyl groups is 1. The Balaban J connectivity index is 1.83. The Morgan fingerprint density at radius 1 is 1.21 bits per heavy atom. The normalized spacial score (nSPS) is 13.5. The van der Waals surface area contributed by atoms with Crippen molar-refractivity contribution >= 4 is 11.3 Å². The standard InChI is InChI=1S/C14H15NO3S/c16-5-1-2-14-15-11(9-19-14)10-3-4-12-13(8-10)18-7-6-17-12/h3-4,8-9,16H,1-2,5-7H2. The maximum atomic E-state index is 8.83. The summed E-state index contributed by atoms with van der Waals surface area (Å²) in [6.45, 7) is 1.41. The second-order valence-electron chi connectivity index (χ2n) is 4.31. The molecule has 4 nitrogen and oxygen atoms in total. The van der Waals surface area contributed by atoms with Gasteiger partial charge in [0.25, 0.3) is 0 Å². The molecule has 2 heterocycles. The molecular weight excluding hydrogens is 262 g/mol. The number of thiazole rings is 1. The maximum absolute atomic E-state index is 8.83. The van der Waals surface area contributed by atoms with E-state index < -0.39 is 0 Å². The highest BCUT2D eigenvalue weighted by atomic mass is 32.1. The van der Waals surface area contributed by atoms with Crippen molar-refractivity contribution in [2.24, 2.45) is 0 Å². The lowest BCUT2D eigenvalue weighted by molar-refractivity contribution is 0.171. The zero-order chi connectivity index (χ0) is 13.1. The van der Waals surface area contributed by atoms with Crippen molar-refractivity contribution in [2.45, 2.75) is 12.8 Å². The lowest BCUT2D eigenvalue weighted by Crippen LogP contribution is -2.15. The molecule has 0 fully saturated rings. The number of ether oxygens (including phenoxy) is 2. The van der Waals surface area contributed by atoms with Crippen molar-refractivity contribution in [3.05, 3.63) is 28.6 Å². The van der Waals surface area contributed by atoms with Crippen molar-refractivity contribution in [3.63, 3.8) is 0 Å². The summed E-state index contributed by atoms with van der Waals surface area (Å²) in [6, 6.07) is 5.90. The number of aryl methyl sites for hydroxylation is 1. The van der Waals surface area contributed by atoms with Crippen LogP contribution in [0, 0.1) is 0 Å². The van der Waals surface area contributed by atoms with Crippen molar-refractivity contribution in [3.8, 4) is 22.8 Å². The van der Waals surface area contributed by atoms with Gasteiger partial charge in [-0.3, -0.25) is 0 Å². The van der Waals surface area contributed by atoms with Crippen LogP contribution in [-0.2, 0) is 6.42 Å². The molecule has 1 aromatic heterocycles. The second-order valence-corrected chi connectivity index (χ2v) is 5.25. The summed E-state index contributed by atoms with van der Waals surface area (Å²) < 4.78 is 11.1. The SMILES string of the molecule is OCCCc1nc(-c2ccc3c(c2)OCCO3)cs1. The number of rotatable bonds is 4. The van der Waals surface area contributed by atoms with Crippen LogP contribution in [0.4, 0.5) is 0 Å². The van der Waals surface area contributed by atoms with Gasteiger partial charge in [0.1, 0.15) is 13.2 Å². The molecule has 1 aromatic carbocycles. The minimum atomic E-state index is 0.207. The Hall–Kier alpha value is -1.59. The number of fused-ring (bicyclic) bond motifs is 1. The minimum absolute atomic E-state index is 0.207. The van der Waals surface area contributed by atoms with Crippen LogP contribution in [0.3, 0.4) is 0 Å². The fourth-order valence-electron chi connectivity index (χ4n) is 1.99. The summed E-state index contributed by atoms with van der Waals surface area (Å²) in [5, 5.41) is 11.9. The molecule has 2 aromatic rings. The fraction of sp³-hybridized carbons (Fsp3) is 0.357. The van der Waals surface area contributed by atoms with E-state index in [0.29, 0.717) is 13.2 Å². The van der Waals surface area contributed by atoms with Gasteiger partial charge in [-0.15, -0.1) is 11.3 Å². The zero-order valence-electron chi connectivity index (χ0n) is 10.5. The van der Waals surface area contributed by atoms with E-state index in [1.54, 1.807) is 11.3 Å². The molecule has 0 unspecified atom stereocenters. The monoisotopic (exact) mass is 277 g/mol. The van der Waals surface area contributed by atoms with Crippen LogP contribution in [0.25, 0.3) is 11.3 Å². The van der Waals surface area contributed by atoms with Gasteiger partial charge in [0.15, 0.2) is 11.5 Å². The molecule has 1 aliphatic heterocycles. The second kappa shape index (κ2) is 5.59. The summed E-state index contributed by atoms with van der Waals surface area (Å²) in [7, 11) is 0. The molecule has 100 valence electrons. The molecular formula is C14H15NO3S. The van der Waals surface area contributed by atoms with Crippen LogP contribution in [0.5, 0.6) is 11.5 Å². The van der Waals surface area contributed by atoms with E-state index in [-0.39, 0.29) is 6.61 Å². The summed E-state index contributed by atoms with van der Waals surface area (Å²) in [6.07, 6.45) is 1.58. The first-order valence-electron chi connectivity index (χ1n) is 6.32. The third-order valence-corrected chi connectivity index (χ3v) is 3.85. The highest BCUT2D eigenvalue weighted by Crippen LogP contribution is 2.34. The van der Waals surface area contributed by atoms with Crippen LogP contribution in [0.15, 0.2) is 23.6 Å². The van der Waals surface area contributed by atoms with Crippen molar-refractivity contribution in [1.82, 2.24) is 4.98 Å². The van der Waals surface area contributed by atoms with Crippen LogP contribution in [0.1, 0.15) is 11.4 Å². The summed E-state index contributed by atoms with van der Waals surface area (Å²) in [4.78, 5) is 4.58. The van der Waals surface area contributed by atoms with E-state index in [2.05, 4.69) is 4.98 Å². The molecule has 1 N–H and O–H groups in total. The van der Waals surface area contributed by atoms with E-state index in [0.717, 1.165) is 40.6 Å². The highest BCUT2D eigenvalue weighted by molar-refractivity contribution is 7.09. The smallest absolute Gasteiger partial charge is 0.162 e. The Labute approximate surface area is 115 Å². The topological polar surface area (TPSA) is 51.6 Å². The number of aromatic nitrogens is 1. The van der Waals surface area contributed by atoms with E-state index in [1.165, 1.54) is 0 Å². The molecule has 0 spiro atoms. The number of nitrogens with zero attached hydrogens (tertiary/aromatic N) is 1. The molecule has 3 rings (SSSR count). The average Bonchev–Trinajstić information content (AvgIpc) is 2.93. The summed E-state index contributed by atoms with van der Waals surface area (Å²) >= 11 is 1.63. The fourth-order valence-corrected chi connectivity index (χ4v) is 2.84. The van der Waals surface area contributed by atoms with E-state index in [1.807, 2.05) is 23.6 Å². The predicted molar refractivity (Wildman–Crippen MR) is 73.9 cm³/mol. The number of hydrogen-bond acceptors (Lipinski definition) is 5. The first-order chi connectivity index (χ1) is 9.36. The van der Waals surface area contributed by atoms with Gasteiger partial charge in [-0.25, -0.2) is 4.98 Å². The van der Waals surface area contributed by atoms with Crippen LogP contribution in [0.2, 0.25) is 0 Å². The molecule has 0 saturated heterocycles. The molecule has 1 aliphatic rings. The third kappa shape index (κ3) is 2.72. The molecule has 0 amide bonds. The first kappa shape index (κ1) is 12.4. The Bertz CT molecular complexity index is 568. The van der Waals surface area contributed by atoms with E-state index in [4.69, 9.17) is 14.6 Å². The molecule has 5 heteroatoms. The Morgan fingerprint density at radius 3 is 2.89 bits per heavy atom. The number of aliphatic hydroxyl groups excluding tert-OH is 1. The maximum Gasteiger partial charge on any atom is 0.162 e. The Kier molecular flexibility index (Phi) is 3.66. The minimum Gasteiger partial charge on any atom is -0.486 e. The van der Waals surface area contributed by atoms with Gasteiger partial charge < -0.3 is 14.6 Å². The van der Waals surface area contributed by atoms with Gasteiger partial charge in [-0.1, -0.05) is 0 Å². The first-order valence-corrected chi connectivity index (χ1v) is 7.20. The highest BCUT2D eigenvalue weighted by Gasteiger charge is 2.13. The summed E-state index contributed by atoms with van der Waals surface area (Å²) in [5.41, 5.74) is 1.99. The average molecular weight is 277 g/mol. The van der Waals surface area contributed by atoms with E-state index >= 15 is 0 Å². The molecule has 0 atom stereocenters. The molecule has 0 bridgehead atoms.